The number of nitrogens with one attached hydrogen (secondary N) is 1. The van der Waals surface area contributed by atoms with Gasteiger partial charge in [-0.25, -0.2) is 14.4 Å². The van der Waals surface area contributed by atoms with Crippen molar-refractivity contribution < 1.29 is 36.8 Å². The number of pyridine rings is 1. The van der Waals surface area contributed by atoms with Crippen molar-refractivity contribution in [2.45, 2.75) is 64.6 Å². The molecule has 0 fully saturated rings. The number of amides is 1. The van der Waals surface area contributed by atoms with E-state index in [-0.39, 0.29) is 11.7 Å². The van der Waals surface area contributed by atoms with Crippen LogP contribution in [0.25, 0.3) is 0 Å². The highest BCUT2D eigenvalue weighted by Gasteiger charge is 2.28. The predicted molar refractivity (Wildman–Crippen MR) is 117 cm³/mol. The fraction of sp³-hybridized carbons (Fsp3) is 0.417. The number of rotatable bonds is 11. The van der Waals surface area contributed by atoms with Crippen molar-refractivity contribution in [2.75, 3.05) is 0 Å². The molecule has 1 N–H and O–H groups in total. The van der Waals surface area contributed by atoms with Crippen molar-refractivity contribution in [3.05, 3.63) is 65.7 Å². The Morgan fingerprint density at radius 3 is 2.03 bits per heavy atom. The van der Waals surface area contributed by atoms with Crippen LogP contribution in [-0.4, -0.2) is 24.3 Å². The number of hydrogen-bond acceptors (Lipinski definition) is 4. The number of nitrogens with zero attached hydrogens (tertiary/aromatic N) is 2. The zero-order valence-corrected chi connectivity index (χ0v) is 19.0. The lowest BCUT2D eigenvalue weighted by Crippen LogP contribution is -2.37. The summed E-state index contributed by atoms with van der Waals surface area (Å²) in [5.74, 6) is -3.57. The number of carboxylic acid groups (broad SMARTS) is 1. The molecule has 34 heavy (non-hydrogen) atoms. The zero-order chi connectivity index (χ0) is 25.4. The van der Waals surface area contributed by atoms with E-state index in [0.29, 0.717) is 5.56 Å². The molecule has 2 aromatic rings. The SMILES string of the molecule is CCCCCCCCC[n+]1ccc(C(=O)NN=Cc2ccc(F)cc2)cc1.O=C([O-])C(F)(F)F. The molecule has 1 amide bonds. The van der Waals surface area contributed by atoms with Gasteiger partial charge in [0, 0.05) is 18.6 Å². The summed E-state index contributed by atoms with van der Waals surface area (Å²) >= 11 is 0. The largest absolute Gasteiger partial charge is 0.542 e. The Hall–Kier alpha value is -3.30. The summed E-state index contributed by atoms with van der Waals surface area (Å²) in [7, 11) is 0. The summed E-state index contributed by atoms with van der Waals surface area (Å²) < 4.78 is 46.5. The van der Waals surface area contributed by atoms with Gasteiger partial charge in [0.15, 0.2) is 12.4 Å². The van der Waals surface area contributed by atoms with Gasteiger partial charge in [-0.2, -0.15) is 18.3 Å². The molecule has 6 nitrogen and oxygen atoms in total. The average Bonchev–Trinajstić information content (AvgIpc) is 2.80. The van der Waals surface area contributed by atoms with Crippen LogP contribution >= 0.6 is 0 Å². The quantitative estimate of drug-likeness (QED) is 0.173. The summed E-state index contributed by atoms with van der Waals surface area (Å²) in [5, 5.41) is 12.7. The van der Waals surface area contributed by atoms with Crippen LogP contribution in [0, 0.1) is 5.82 Å². The minimum Gasteiger partial charge on any atom is -0.542 e. The highest BCUT2D eigenvalue weighted by Crippen LogP contribution is 2.11. The van der Waals surface area contributed by atoms with E-state index in [1.54, 1.807) is 24.3 Å². The number of carbonyl (C=O) groups is 2. The molecule has 0 saturated heterocycles. The number of aromatic nitrogens is 1. The Labute approximate surface area is 196 Å². The Balaban J connectivity index is 0.000000718. The molecular weight excluding hydrogens is 454 g/mol. The Morgan fingerprint density at radius 2 is 1.50 bits per heavy atom. The fourth-order valence-corrected chi connectivity index (χ4v) is 2.79. The third-order valence-corrected chi connectivity index (χ3v) is 4.65. The molecular formula is C24H29F4N3O3. The van der Waals surface area contributed by atoms with Crippen molar-refractivity contribution >= 4 is 18.1 Å². The maximum atomic E-state index is 12.8. The van der Waals surface area contributed by atoms with E-state index < -0.39 is 12.1 Å². The molecule has 10 heteroatoms. The lowest BCUT2D eigenvalue weighted by atomic mass is 10.1. The van der Waals surface area contributed by atoms with Crippen molar-refractivity contribution in [3.8, 4) is 0 Å². The second-order valence-electron chi connectivity index (χ2n) is 7.48. The van der Waals surface area contributed by atoms with Gasteiger partial charge in [-0.3, -0.25) is 4.79 Å². The van der Waals surface area contributed by atoms with Crippen LogP contribution in [-0.2, 0) is 11.3 Å². The summed E-state index contributed by atoms with van der Waals surface area (Å²) in [6, 6.07) is 9.49. The van der Waals surface area contributed by atoms with Crippen molar-refractivity contribution in [2.24, 2.45) is 5.10 Å². The van der Waals surface area contributed by atoms with Crippen molar-refractivity contribution in [1.29, 1.82) is 0 Å². The number of carboxylic acids is 1. The highest BCUT2D eigenvalue weighted by atomic mass is 19.4. The van der Waals surface area contributed by atoms with E-state index in [2.05, 4.69) is 22.0 Å². The number of carbonyl (C=O) groups excluding carboxylic acids is 2. The van der Waals surface area contributed by atoms with Crippen LogP contribution in [0.15, 0.2) is 53.9 Å². The van der Waals surface area contributed by atoms with Crippen LogP contribution in [0.3, 0.4) is 0 Å². The highest BCUT2D eigenvalue weighted by molar-refractivity contribution is 5.94. The minimum absolute atomic E-state index is 0.267. The zero-order valence-electron chi connectivity index (χ0n) is 19.0. The van der Waals surface area contributed by atoms with Gasteiger partial charge < -0.3 is 9.90 Å². The molecule has 0 bridgehead atoms. The normalized spacial score (nSPS) is 11.1. The first-order valence-electron chi connectivity index (χ1n) is 11.0. The molecule has 0 aliphatic heterocycles. The van der Waals surface area contributed by atoms with Gasteiger partial charge in [0.25, 0.3) is 5.91 Å². The molecule has 0 aliphatic carbocycles. The predicted octanol–water partition coefficient (Wildman–Crippen LogP) is 3.93. The molecule has 186 valence electrons. The Bertz CT molecular complexity index is 899. The molecule has 1 aromatic carbocycles. The van der Waals surface area contributed by atoms with E-state index >= 15 is 0 Å². The molecule has 1 aromatic heterocycles. The van der Waals surface area contributed by atoms with Gasteiger partial charge in [-0.1, -0.05) is 51.2 Å². The summed E-state index contributed by atoms with van der Waals surface area (Å²) in [5.41, 5.74) is 3.76. The molecule has 0 saturated carbocycles. The minimum atomic E-state index is -5.19. The van der Waals surface area contributed by atoms with E-state index in [0.717, 1.165) is 18.5 Å². The van der Waals surface area contributed by atoms with E-state index in [9.17, 15) is 22.4 Å². The molecule has 1 heterocycles. The molecule has 0 unspecified atom stereocenters. The van der Waals surface area contributed by atoms with E-state index in [1.165, 1.54) is 56.9 Å². The maximum absolute atomic E-state index is 12.8. The molecule has 0 radical (unpaired) electrons. The summed E-state index contributed by atoms with van der Waals surface area (Å²) in [6.07, 6.45) is 9.15. The lowest BCUT2D eigenvalue weighted by Gasteiger charge is -2.03. The number of benzene rings is 1. The number of hydrogen-bond donors (Lipinski definition) is 1. The number of aryl methyl sites for hydroxylation is 1. The second-order valence-corrected chi connectivity index (χ2v) is 7.48. The maximum Gasteiger partial charge on any atom is 0.430 e. The van der Waals surface area contributed by atoms with Crippen LogP contribution < -0.4 is 15.1 Å². The smallest absolute Gasteiger partial charge is 0.430 e. The third kappa shape index (κ3) is 12.7. The van der Waals surface area contributed by atoms with Crippen LogP contribution in [0.2, 0.25) is 0 Å². The molecule has 0 spiro atoms. The lowest BCUT2D eigenvalue weighted by molar-refractivity contribution is -0.697. The standard InChI is InChI=1S/C22H28FN3O.C2HF3O2/c1-2-3-4-5-6-7-8-15-26-16-13-20(14-17-26)22(27)25-24-18-19-9-11-21(23)12-10-19;3-2(4,5)1(6)7/h9-14,16-18H,2-8,15H2,1H3;(H,6,7). The molecule has 2 rings (SSSR count). The van der Waals surface area contributed by atoms with Gasteiger partial charge >= 0.3 is 6.18 Å². The second kappa shape index (κ2) is 15.5. The van der Waals surface area contributed by atoms with Crippen LogP contribution in [0.5, 0.6) is 0 Å². The fourth-order valence-electron chi connectivity index (χ4n) is 2.79. The van der Waals surface area contributed by atoms with Gasteiger partial charge in [0.1, 0.15) is 18.3 Å². The van der Waals surface area contributed by atoms with Gasteiger partial charge in [0.2, 0.25) is 0 Å². The molecule has 0 aliphatic rings. The van der Waals surface area contributed by atoms with E-state index in [1.807, 2.05) is 12.4 Å². The van der Waals surface area contributed by atoms with Crippen LogP contribution in [0.1, 0.15) is 67.8 Å². The first-order chi connectivity index (χ1) is 16.1. The topological polar surface area (TPSA) is 85.5 Å². The van der Waals surface area contributed by atoms with Gasteiger partial charge in [0.05, 0.1) is 11.8 Å². The monoisotopic (exact) mass is 483 g/mol. The molecule has 0 atom stereocenters. The summed E-state index contributed by atoms with van der Waals surface area (Å²) in [4.78, 5) is 20.9. The number of hydrazone groups is 1. The average molecular weight is 484 g/mol. The first kappa shape index (κ1) is 28.7. The third-order valence-electron chi connectivity index (χ3n) is 4.65. The number of halogens is 4. The number of aliphatic carboxylic acids is 1. The van der Waals surface area contributed by atoms with Crippen LogP contribution in [0.4, 0.5) is 17.6 Å². The van der Waals surface area contributed by atoms with E-state index in [4.69, 9.17) is 9.90 Å². The van der Waals surface area contributed by atoms with Crippen molar-refractivity contribution in [3.63, 3.8) is 0 Å². The van der Waals surface area contributed by atoms with Gasteiger partial charge in [-0.05, 0) is 24.1 Å². The van der Waals surface area contributed by atoms with Gasteiger partial charge in [-0.15, -0.1) is 0 Å². The number of unbranched alkanes of at least 4 members (excludes halogenated alkanes) is 6. The Kier molecular flexibility index (Phi) is 13.1. The first-order valence-corrected chi connectivity index (χ1v) is 11.0. The van der Waals surface area contributed by atoms with Crippen molar-refractivity contribution in [1.82, 2.24) is 5.43 Å². The Morgan fingerprint density at radius 1 is 0.971 bits per heavy atom. The number of alkyl halides is 3. The summed E-state index contributed by atoms with van der Waals surface area (Å²) in [6.45, 7) is 3.21.